The van der Waals surface area contributed by atoms with Crippen LogP contribution in [0.3, 0.4) is 0 Å². The number of sulfonamides is 1. The van der Waals surface area contributed by atoms with E-state index in [9.17, 15) is 8.42 Å². The number of hydrogen-bond acceptors (Lipinski definition) is 6. The number of pyridine rings is 2. The molecule has 7 nitrogen and oxygen atoms in total. The van der Waals surface area contributed by atoms with E-state index >= 15 is 0 Å². The molecule has 0 aliphatic carbocycles. The Morgan fingerprint density at radius 2 is 1.96 bits per heavy atom. The van der Waals surface area contributed by atoms with Crippen LogP contribution in [-0.4, -0.2) is 23.5 Å². The zero-order chi connectivity index (χ0) is 16.7. The largest absolute Gasteiger partial charge is 0.342 e. The smallest absolute Gasteiger partial charge is 0.299 e. The average molecular weight is 332 g/mol. The number of anilines is 1. The van der Waals surface area contributed by atoms with Gasteiger partial charge in [0.05, 0.1) is 17.4 Å². The van der Waals surface area contributed by atoms with Crippen LogP contribution < -0.4 is 4.72 Å². The molecule has 0 spiro atoms. The summed E-state index contributed by atoms with van der Waals surface area (Å²) in [6, 6.07) is 6.63. The van der Waals surface area contributed by atoms with E-state index in [0.29, 0.717) is 11.2 Å². The predicted molar refractivity (Wildman–Crippen MR) is 85.5 cm³/mol. The Morgan fingerprint density at radius 1 is 1.17 bits per heavy atom. The number of aromatic nitrogens is 3. The van der Waals surface area contributed by atoms with Gasteiger partial charge in [0.15, 0.2) is 0 Å². The summed E-state index contributed by atoms with van der Waals surface area (Å²) in [6.07, 6.45) is 3.16. The van der Waals surface area contributed by atoms with Gasteiger partial charge in [-0.1, -0.05) is 32.0 Å². The van der Waals surface area contributed by atoms with E-state index in [1.165, 1.54) is 12.3 Å². The molecule has 3 rings (SSSR count). The lowest BCUT2D eigenvalue weighted by molar-refractivity contribution is 0.327. The van der Waals surface area contributed by atoms with Crippen molar-refractivity contribution in [1.82, 2.24) is 15.1 Å². The van der Waals surface area contributed by atoms with Gasteiger partial charge < -0.3 is 4.52 Å². The lowest BCUT2D eigenvalue weighted by Gasteiger charge is -2.12. The van der Waals surface area contributed by atoms with Gasteiger partial charge in [0.1, 0.15) is 5.82 Å². The summed E-state index contributed by atoms with van der Waals surface area (Å²) in [5.41, 5.74) is 0.947. The number of nitrogens with one attached hydrogen (secondary N) is 1. The van der Waals surface area contributed by atoms with Gasteiger partial charge in [-0.25, -0.2) is 4.98 Å². The summed E-state index contributed by atoms with van der Waals surface area (Å²) in [5.74, 6) is 0.194. The topological polar surface area (TPSA) is 98.0 Å². The fourth-order valence-corrected chi connectivity index (χ4v) is 2.85. The number of nitrogens with zero attached hydrogens (tertiary/aromatic N) is 3. The molecule has 0 fully saturated rings. The Balaban J connectivity index is 1.92. The van der Waals surface area contributed by atoms with Gasteiger partial charge in [-0.15, -0.1) is 0 Å². The van der Waals surface area contributed by atoms with Gasteiger partial charge in [-0.2, -0.15) is 8.42 Å². The number of hydrogen-bond donors (Lipinski definition) is 1. The molecule has 0 atom stereocenters. The summed E-state index contributed by atoms with van der Waals surface area (Å²) in [6.45, 7) is 5.77. The molecule has 0 amide bonds. The van der Waals surface area contributed by atoms with Gasteiger partial charge in [-0.3, -0.25) is 9.71 Å². The third-order valence-electron chi connectivity index (χ3n) is 3.25. The highest BCUT2D eigenvalue weighted by Crippen LogP contribution is 2.24. The van der Waals surface area contributed by atoms with E-state index in [4.69, 9.17) is 4.52 Å². The van der Waals surface area contributed by atoms with Crippen molar-refractivity contribution in [2.75, 3.05) is 4.72 Å². The molecule has 23 heavy (non-hydrogen) atoms. The Bertz CT molecular complexity index is 958. The van der Waals surface area contributed by atoms with Crippen LogP contribution in [0.2, 0.25) is 0 Å². The Kier molecular flexibility index (Phi) is 3.56. The molecule has 0 unspecified atom stereocenters. The number of fused-ring (bicyclic) bond motifs is 1. The first-order valence-corrected chi connectivity index (χ1v) is 8.45. The van der Waals surface area contributed by atoms with E-state index < -0.39 is 10.0 Å². The van der Waals surface area contributed by atoms with Gasteiger partial charge in [0.2, 0.25) is 0 Å². The van der Waals surface area contributed by atoms with Crippen LogP contribution in [0.25, 0.3) is 10.9 Å². The highest BCUT2D eigenvalue weighted by atomic mass is 32.2. The minimum Gasteiger partial charge on any atom is -0.342 e. The second-order valence-corrected chi connectivity index (χ2v) is 7.77. The fraction of sp³-hybridized carbons (Fsp3) is 0.267. The first-order valence-electron chi connectivity index (χ1n) is 6.96. The zero-order valence-electron chi connectivity index (χ0n) is 12.9. The van der Waals surface area contributed by atoms with E-state index in [2.05, 4.69) is 19.8 Å². The van der Waals surface area contributed by atoms with E-state index in [-0.39, 0.29) is 16.3 Å². The van der Waals surface area contributed by atoms with Crippen LogP contribution >= 0.6 is 0 Å². The third-order valence-corrected chi connectivity index (χ3v) is 4.45. The summed E-state index contributed by atoms with van der Waals surface area (Å²) >= 11 is 0. The van der Waals surface area contributed by atoms with Crippen LogP contribution in [-0.2, 0) is 15.4 Å². The van der Waals surface area contributed by atoms with Crippen LogP contribution in [0.1, 0.15) is 26.5 Å². The summed E-state index contributed by atoms with van der Waals surface area (Å²) < 4.78 is 32.1. The van der Waals surface area contributed by atoms with Crippen LogP contribution in [0.5, 0.6) is 0 Å². The normalized spacial score (nSPS) is 12.5. The molecule has 3 aromatic rings. The molecule has 3 heterocycles. The Hall–Kier alpha value is -2.48. The van der Waals surface area contributed by atoms with Crippen molar-refractivity contribution in [1.29, 1.82) is 0 Å². The lowest BCUT2D eigenvalue weighted by Crippen LogP contribution is -2.14. The minimum atomic E-state index is -3.88. The molecule has 0 saturated heterocycles. The highest BCUT2D eigenvalue weighted by Gasteiger charge is 2.25. The molecule has 0 bridgehead atoms. The van der Waals surface area contributed by atoms with Crippen molar-refractivity contribution < 1.29 is 12.9 Å². The van der Waals surface area contributed by atoms with Crippen LogP contribution in [0.15, 0.2) is 46.3 Å². The van der Waals surface area contributed by atoms with Crippen LogP contribution in [0.4, 0.5) is 5.82 Å². The summed E-state index contributed by atoms with van der Waals surface area (Å²) in [5, 5.41) is 4.37. The SMILES string of the molecule is CC(C)(C)c1cc(S(=O)(=O)Nc2cc3cccnc3cn2)on1. The predicted octanol–water partition coefficient (Wildman–Crippen LogP) is 2.72. The molecule has 0 radical (unpaired) electrons. The molecule has 0 aromatic carbocycles. The summed E-state index contributed by atoms with van der Waals surface area (Å²) in [4.78, 5) is 8.20. The molecule has 3 aromatic heterocycles. The highest BCUT2D eigenvalue weighted by molar-refractivity contribution is 7.92. The monoisotopic (exact) mass is 332 g/mol. The molecule has 1 N–H and O–H groups in total. The second kappa shape index (κ2) is 5.31. The minimum absolute atomic E-state index is 0.194. The van der Waals surface area contributed by atoms with E-state index in [0.717, 1.165) is 5.39 Å². The van der Waals surface area contributed by atoms with Crippen molar-refractivity contribution >= 4 is 26.7 Å². The fourth-order valence-electron chi connectivity index (χ4n) is 1.96. The van der Waals surface area contributed by atoms with Crippen molar-refractivity contribution in [2.45, 2.75) is 31.3 Å². The maximum Gasteiger partial charge on any atom is 0.299 e. The quantitative estimate of drug-likeness (QED) is 0.792. The second-order valence-electron chi connectivity index (χ2n) is 6.15. The molecular formula is C15H16N4O3S. The average Bonchev–Trinajstić information content (AvgIpc) is 2.97. The van der Waals surface area contributed by atoms with Crippen molar-refractivity contribution in [2.24, 2.45) is 0 Å². The lowest BCUT2D eigenvalue weighted by atomic mass is 9.93. The number of rotatable bonds is 3. The maximum atomic E-state index is 12.4. The molecule has 0 aliphatic heterocycles. The molecular weight excluding hydrogens is 316 g/mol. The maximum absolute atomic E-state index is 12.4. The van der Waals surface area contributed by atoms with E-state index in [1.54, 1.807) is 18.3 Å². The molecule has 0 aliphatic rings. The van der Waals surface area contributed by atoms with Gasteiger partial charge >= 0.3 is 0 Å². The Morgan fingerprint density at radius 3 is 2.65 bits per heavy atom. The van der Waals surface area contributed by atoms with Gasteiger partial charge in [0.25, 0.3) is 15.1 Å². The first kappa shape index (κ1) is 15.4. The third kappa shape index (κ3) is 3.16. The van der Waals surface area contributed by atoms with Crippen molar-refractivity contribution in [3.63, 3.8) is 0 Å². The van der Waals surface area contributed by atoms with Crippen LogP contribution in [0, 0.1) is 0 Å². The Labute approximate surface area is 133 Å². The molecule has 0 saturated carbocycles. The standard InChI is InChI=1S/C15H16N4O3S/c1-15(2,3)12-8-14(22-18-12)23(20,21)19-13-7-10-5-4-6-16-11(10)9-17-13/h4-9H,1-3H3,(H,17,19). The first-order chi connectivity index (χ1) is 10.8. The zero-order valence-corrected chi connectivity index (χ0v) is 13.8. The molecule has 120 valence electrons. The van der Waals surface area contributed by atoms with Gasteiger partial charge in [-0.05, 0) is 12.1 Å². The van der Waals surface area contributed by atoms with Crippen molar-refractivity contribution in [3.05, 3.63) is 42.4 Å². The van der Waals surface area contributed by atoms with Crippen molar-refractivity contribution in [3.8, 4) is 0 Å². The molecule has 8 heteroatoms. The van der Waals surface area contributed by atoms with Gasteiger partial charge in [0, 0.05) is 23.1 Å². The summed E-state index contributed by atoms with van der Waals surface area (Å²) in [7, 11) is -3.88. The van der Waals surface area contributed by atoms with E-state index in [1.807, 2.05) is 26.8 Å².